The van der Waals surface area contributed by atoms with E-state index in [0.29, 0.717) is 0 Å². The normalized spacial score (nSPS) is 18.8. The van der Waals surface area contributed by atoms with Gasteiger partial charge in [0, 0.05) is 35.9 Å². The summed E-state index contributed by atoms with van der Waals surface area (Å²) in [6, 6.07) is 2.26. The van der Waals surface area contributed by atoms with Crippen molar-refractivity contribution in [2.75, 3.05) is 20.3 Å². The molecule has 12 nitrogen and oxygen atoms in total. The summed E-state index contributed by atoms with van der Waals surface area (Å²) in [6.07, 6.45) is -3.08. The molecule has 3 amide bonds. The van der Waals surface area contributed by atoms with Crippen LogP contribution in [-0.2, 0) is 20.5 Å². The highest BCUT2D eigenvalue weighted by atomic mass is 19.4. The molecule has 2 aromatic heterocycles. The number of aromatic nitrogens is 2. The van der Waals surface area contributed by atoms with E-state index in [-0.39, 0.29) is 71.0 Å². The Morgan fingerprint density at radius 2 is 1.89 bits per heavy atom. The van der Waals surface area contributed by atoms with Gasteiger partial charge in [-0.05, 0) is 51.0 Å². The quantitative estimate of drug-likeness (QED) is 0.268. The molecule has 2 aliphatic rings. The molecule has 1 saturated heterocycles. The molecule has 1 aromatic carbocycles. The van der Waals surface area contributed by atoms with E-state index in [1.165, 1.54) is 37.1 Å². The number of oxazole rings is 1. The maximum absolute atomic E-state index is 14.1. The van der Waals surface area contributed by atoms with Crippen molar-refractivity contribution in [2.24, 2.45) is 5.92 Å². The third-order valence-corrected chi connectivity index (χ3v) is 7.58. The molecule has 5 rings (SSSR count). The van der Waals surface area contributed by atoms with Gasteiger partial charge in [0.15, 0.2) is 17.3 Å². The number of likely N-dealkylation sites (tertiary alicyclic amines) is 1. The van der Waals surface area contributed by atoms with Crippen molar-refractivity contribution in [2.45, 2.75) is 57.4 Å². The molecule has 1 aliphatic carbocycles. The Kier molecular flexibility index (Phi) is 8.76. The largest absolute Gasteiger partial charge is 0.494 e. The van der Waals surface area contributed by atoms with Gasteiger partial charge in [-0.1, -0.05) is 0 Å². The first kappa shape index (κ1) is 31.8. The Labute approximate surface area is 256 Å². The summed E-state index contributed by atoms with van der Waals surface area (Å²) in [5.74, 6) is -2.84. The molecule has 3 heterocycles. The smallest absolute Gasteiger partial charge is 0.433 e. The fraction of sp³-hybridized carbons (Fsp3) is 0.448. The van der Waals surface area contributed by atoms with Crippen LogP contribution < -0.4 is 15.4 Å². The van der Waals surface area contributed by atoms with Gasteiger partial charge in [-0.15, -0.1) is 0 Å². The van der Waals surface area contributed by atoms with E-state index in [2.05, 4.69) is 20.6 Å². The minimum atomic E-state index is -4.72. The average molecular weight is 627 g/mol. The predicted octanol–water partition coefficient (Wildman–Crippen LogP) is 3.53. The summed E-state index contributed by atoms with van der Waals surface area (Å²) < 4.78 is 56.8. The molecule has 0 unspecified atom stereocenters. The summed E-state index contributed by atoms with van der Waals surface area (Å²) in [6.45, 7) is 3.14. The number of halogens is 3. The zero-order chi connectivity index (χ0) is 32.6. The van der Waals surface area contributed by atoms with Gasteiger partial charge in [-0.3, -0.25) is 14.4 Å². The summed E-state index contributed by atoms with van der Waals surface area (Å²) >= 11 is 0. The van der Waals surface area contributed by atoms with Crippen LogP contribution in [0.2, 0.25) is 0 Å². The zero-order valence-electron chi connectivity index (χ0n) is 24.6. The minimum Gasteiger partial charge on any atom is -0.494 e. The standard InChI is InChI=1S/C29H29BF3N5O7/c1-4-44-27(41)18-11-15(35-24(39)14-5-6-14)12-38(18)26(40)22-23(13(2)34-28(30)42)45-25(37-22)17-7-9-19(43-3)21-16(17)8-10-20(36-21)29(31,32)33/h7-10,13-15,18H,4-6,11-12H2,1-3H3,(H,34,42)(H,35,39)/t13-,15+,18-/m0/s1. The summed E-state index contributed by atoms with van der Waals surface area (Å²) in [4.78, 5) is 60.6. The second kappa shape index (κ2) is 12.4. The Morgan fingerprint density at radius 3 is 2.51 bits per heavy atom. The maximum Gasteiger partial charge on any atom is 0.433 e. The van der Waals surface area contributed by atoms with Gasteiger partial charge in [-0.25, -0.2) is 14.8 Å². The Balaban J connectivity index is 1.58. The summed E-state index contributed by atoms with van der Waals surface area (Å²) in [5.41, 5.74) is -1.37. The highest BCUT2D eigenvalue weighted by Gasteiger charge is 2.44. The molecule has 0 spiro atoms. The second-order valence-electron chi connectivity index (χ2n) is 10.8. The van der Waals surface area contributed by atoms with Crippen molar-refractivity contribution in [3.05, 3.63) is 41.4 Å². The van der Waals surface area contributed by atoms with Crippen LogP contribution in [0.3, 0.4) is 0 Å². The summed E-state index contributed by atoms with van der Waals surface area (Å²) in [7, 11) is 6.60. The number of methoxy groups -OCH3 is 1. The molecule has 16 heteroatoms. The minimum absolute atomic E-state index is 0.0321. The number of benzene rings is 1. The van der Waals surface area contributed by atoms with Crippen LogP contribution in [-0.4, -0.2) is 78.6 Å². The van der Waals surface area contributed by atoms with E-state index in [1.807, 2.05) is 0 Å². The molecule has 0 bridgehead atoms. The van der Waals surface area contributed by atoms with Crippen molar-refractivity contribution < 1.29 is 46.2 Å². The first-order valence-electron chi connectivity index (χ1n) is 14.2. The van der Waals surface area contributed by atoms with Crippen LogP contribution >= 0.6 is 0 Å². The summed E-state index contributed by atoms with van der Waals surface area (Å²) in [5, 5.41) is 5.49. The van der Waals surface area contributed by atoms with Crippen LogP contribution in [0.1, 0.15) is 61.1 Å². The number of hydrogen-bond donors (Lipinski definition) is 2. The molecule has 1 aliphatic heterocycles. The number of esters is 1. The number of carbonyl (C=O) groups excluding carboxylic acids is 4. The van der Waals surface area contributed by atoms with Gasteiger partial charge in [0.25, 0.3) is 5.91 Å². The SMILES string of the molecule is [B]C(=O)N[C@@H](C)c1oc(-c2ccc(OC)c3nc(C(F)(F)F)ccc23)nc1C(=O)N1C[C@H](NC(=O)C2CC2)C[C@H]1C(=O)OCC. The van der Waals surface area contributed by atoms with E-state index < -0.39 is 47.7 Å². The molecular formula is C29H29BF3N5O7. The average Bonchev–Trinajstić information content (AvgIpc) is 3.61. The Hall–Kier alpha value is -4.63. The molecule has 2 radical (unpaired) electrons. The molecule has 45 heavy (non-hydrogen) atoms. The lowest BCUT2D eigenvalue weighted by atomic mass is 10.1. The third kappa shape index (κ3) is 6.59. The van der Waals surface area contributed by atoms with E-state index in [1.54, 1.807) is 6.92 Å². The topological polar surface area (TPSA) is 153 Å². The fourth-order valence-corrected chi connectivity index (χ4v) is 5.30. The van der Waals surface area contributed by atoms with Gasteiger partial charge >= 0.3 is 12.1 Å². The lowest BCUT2D eigenvalue weighted by molar-refractivity contribution is -0.147. The molecule has 2 N–H and O–H groups in total. The van der Waals surface area contributed by atoms with Gasteiger partial charge < -0.3 is 29.4 Å². The molecule has 2 fully saturated rings. The number of carbonyl (C=O) groups is 4. The van der Waals surface area contributed by atoms with Crippen LogP contribution in [0.4, 0.5) is 18.0 Å². The number of nitrogens with zero attached hydrogens (tertiary/aromatic N) is 3. The lowest BCUT2D eigenvalue weighted by Crippen LogP contribution is -2.43. The third-order valence-electron chi connectivity index (χ3n) is 7.58. The van der Waals surface area contributed by atoms with E-state index in [4.69, 9.17) is 21.7 Å². The molecule has 1 saturated carbocycles. The number of alkyl halides is 3. The first-order chi connectivity index (χ1) is 21.3. The van der Waals surface area contributed by atoms with Crippen LogP contribution in [0.25, 0.3) is 22.4 Å². The van der Waals surface area contributed by atoms with Gasteiger partial charge in [-0.2, -0.15) is 13.2 Å². The first-order valence-corrected chi connectivity index (χ1v) is 14.2. The van der Waals surface area contributed by atoms with Crippen LogP contribution in [0, 0.1) is 5.92 Å². The van der Waals surface area contributed by atoms with Crippen molar-refractivity contribution in [3.8, 4) is 17.2 Å². The predicted molar refractivity (Wildman–Crippen MR) is 152 cm³/mol. The number of fused-ring (bicyclic) bond motifs is 1. The van der Waals surface area contributed by atoms with Crippen molar-refractivity contribution in [1.82, 2.24) is 25.5 Å². The van der Waals surface area contributed by atoms with Crippen molar-refractivity contribution in [1.29, 1.82) is 0 Å². The van der Waals surface area contributed by atoms with Gasteiger partial charge in [0.1, 0.15) is 23.0 Å². The number of amides is 3. The highest BCUT2D eigenvalue weighted by Crippen LogP contribution is 2.38. The molecule has 3 aromatic rings. The second-order valence-corrected chi connectivity index (χ2v) is 10.8. The number of ether oxygens (including phenoxy) is 2. The van der Waals surface area contributed by atoms with Crippen molar-refractivity contribution >= 4 is 42.3 Å². The fourth-order valence-electron chi connectivity index (χ4n) is 5.30. The van der Waals surface area contributed by atoms with E-state index in [0.717, 1.165) is 18.9 Å². The van der Waals surface area contributed by atoms with Gasteiger partial charge in [0.05, 0.1) is 19.8 Å². The van der Waals surface area contributed by atoms with E-state index in [9.17, 15) is 32.3 Å². The molecule has 236 valence electrons. The number of rotatable bonds is 9. The maximum atomic E-state index is 14.1. The van der Waals surface area contributed by atoms with Gasteiger partial charge in [0.2, 0.25) is 19.6 Å². The molecular weight excluding hydrogens is 598 g/mol. The number of nitrogens with one attached hydrogen (secondary N) is 2. The number of hydrogen-bond acceptors (Lipinski definition) is 9. The Morgan fingerprint density at radius 1 is 1.16 bits per heavy atom. The lowest BCUT2D eigenvalue weighted by Gasteiger charge is -2.23. The van der Waals surface area contributed by atoms with E-state index >= 15 is 0 Å². The van der Waals surface area contributed by atoms with Crippen molar-refractivity contribution in [3.63, 3.8) is 0 Å². The van der Waals surface area contributed by atoms with Crippen LogP contribution in [0.5, 0.6) is 5.75 Å². The number of pyridine rings is 1. The zero-order valence-corrected chi connectivity index (χ0v) is 24.6. The molecule has 3 atom stereocenters. The highest BCUT2D eigenvalue weighted by molar-refractivity contribution is 6.57. The van der Waals surface area contributed by atoms with Crippen LogP contribution in [0.15, 0.2) is 28.7 Å². The monoisotopic (exact) mass is 627 g/mol. The Bertz CT molecular complexity index is 1660.